The fourth-order valence-corrected chi connectivity index (χ4v) is 6.44. The third-order valence-electron chi connectivity index (χ3n) is 7.24. The molecule has 4 bridgehead atoms. The molecule has 6 rings (SSSR count). The van der Waals surface area contributed by atoms with E-state index in [1.165, 1.54) is 38.5 Å². The summed E-state index contributed by atoms with van der Waals surface area (Å²) in [5.74, 6) is 1.43. The van der Waals surface area contributed by atoms with Crippen LogP contribution in [-0.4, -0.2) is 30.1 Å². The number of fused-ring (bicyclic) bond motifs is 1. The van der Waals surface area contributed by atoms with Gasteiger partial charge in [0.2, 0.25) is 0 Å². The predicted molar refractivity (Wildman–Crippen MR) is 110 cm³/mol. The molecule has 2 N–H and O–H groups in total. The van der Waals surface area contributed by atoms with Crippen molar-refractivity contribution in [2.75, 3.05) is 13.2 Å². The zero-order valence-electron chi connectivity index (χ0n) is 16.5. The lowest BCUT2D eigenvalue weighted by molar-refractivity contribution is -0.126. The lowest BCUT2D eigenvalue weighted by atomic mass is 9.49. The number of hydrogen-bond donors (Lipinski definition) is 2. The van der Waals surface area contributed by atoms with E-state index in [9.17, 15) is 14.7 Å². The van der Waals surface area contributed by atoms with Crippen LogP contribution < -0.4 is 5.32 Å². The molecule has 4 aliphatic carbocycles. The van der Waals surface area contributed by atoms with E-state index in [0.717, 1.165) is 28.5 Å². The number of aromatic hydroxyl groups is 1. The fraction of sp³-hybridized carbons (Fsp3) is 0.500. The van der Waals surface area contributed by atoms with E-state index in [1.54, 1.807) is 12.1 Å². The summed E-state index contributed by atoms with van der Waals surface area (Å²) in [6, 6.07) is 10.6. The number of rotatable bonds is 5. The van der Waals surface area contributed by atoms with Crippen molar-refractivity contribution in [2.45, 2.75) is 38.5 Å². The van der Waals surface area contributed by atoms with Gasteiger partial charge in [-0.25, -0.2) is 4.79 Å². The summed E-state index contributed by atoms with van der Waals surface area (Å²) < 4.78 is 5.18. The Kier molecular flexibility index (Phi) is 4.49. The second-order valence-corrected chi connectivity index (χ2v) is 9.49. The van der Waals surface area contributed by atoms with Crippen LogP contribution in [0.5, 0.6) is 5.75 Å². The molecule has 2 aromatic carbocycles. The van der Waals surface area contributed by atoms with Crippen LogP contribution in [0.1, 0.15) is 48.9 Å². The second kappa shape index (κ2) is 7.05. The van der Waals surface area contributed by atoms with E-state index >= 15 is 0 Å². The van der Waals surface area contributed by atoms with Gasteiger partial charge in [0.05, 0.1) is 0 Å². The van der Waals surface area contributed by atoms with Gasteiger partial charge in [-0.2, -0.15) is 0 Å². The van der Waals surface area contributed by atoms with Crippen molar-refractivity contribution in [3.05, 3.63) is 42.0 Å². The van der Waals surface area contributed by atoms with Crippen molar-refractivity contribution in [1.82, 2.24) is 5.32 Å². The summed E-state index contributed by atoms with van der Waals surface area (Å²) in [6.07, 6.45) is 7.80. The monoisotopic (exact) mass is 393 g/mol. The fourth-order valence-electron chi connectivity index (χ4n) is 6.44. The number of carbonyl (C=O) groups is 2. The minimum atomic E-state index is -0.682. The Morgan fingerprint density at radius 1 is 1.00 bits per heavy atom. The van der Waals surface area contributed by atoms with Crippen molar-refractivity contribution in [3.63, 3.8) is 0 Å². The van der Waals surface area contributed by atoms with Crippen LogP contribution in [-0.2, 0) is 9.53 Å². The molecule has 0 atom stereocenters. The maximum atomic E-state index is 12.4. The largest absolute Gasteiger partial charge is 0.507 e. The number of carbonyl (C=O) groups excluding carboxylic acids is 2. The van der Waals surface area contributed by atoms with Crippen molar-refractivity contribution in [3.8, 4) is 5.75 Å². The minimum absolute atomic E-state index is 0.0811. The highest BCUT2D eigenvalue weighted by Crippen LogP contribution is 2.59. The summed E-state index contributed by atoms with van der Waals surface area (Å²) in [5, 5.41) is 14.8. The van der Waals surface area contributed by atoms with E-state index in [1.807, 2.05) is 24.3 Å². The standard InChI is InChI=1S/C24H27NO4/c26-21-9-19-4-2-1-3-18(19)8-20(21)23(28)29-13-22(27)25-14-24-10-15-5-16(11-24)7-17(6-15)12-24/h1-4,8-9,15-17,26H,5-7,10-14H2,(H,25,27). The molecule has 29 heavy (non-hydrogen) atoms. The minimum Gasteiger partial charge on any atom is -0.507 e. The van der Waals surface area contributed by atoms with Crippen LogP contribution in [0.15, 0.2) is 36.4 Å². The highest BCUT2D eigenvalue weighted by molar-refractivity contribution is 5.99. The number of nitrogens with one attached hydrogen (secondary N) is 1. The van der Waals surface area contributed by atoms with Crippen molar-refractivity contribution in [1.29, 1.82) is 0 Å². The van der Waals surface area contributed by atoms with Gasteiger partial charge in [-0.1, -0.05) is 24.3 Å². The van der Waals surface area contributed by atoms with Crippen LogP contribution >= 0.6 is 0 Å². The van der Waals surface area contributed by atoms with Crippen LogP contribution in [0.4, 0.5) is 0 Å². The first-order valence-corrected chi connectivity index (χ1v) is 10.7. The van der Waals surface area contributed by atoms with Crippen LogP contribution in [0.3, 0.4) is 0 Å². The quantitative estimate of drug-likeness (QED) is 0.752. The third-order valence-corrected chi connectivity index (χ3v) is 7.24. The Balaban J connectivity index is 1.17. The highest BCUT2D eigenvalue weighted by atomic mass is 16.5. The van der Waals surface area contributed by atoms with Crippen LogP contribution in [0.25, 0.3) is 10.8 Å². The second-order valence-electron chi connectivity index (χ2n) is 9.49. The molecule has 0 aromatic heterocycles. The molecule has 5 heteroatoms. The van der Waals surface area contributed by atoms with Crippen LogP contribution in [0, 0.1) is 23.2 Å². The maximum Gasteiger partial charge on any atom is 0.342 e. The van der Waals surface area contributed by atoms with Crippen LogP contribution in [0.2, 0.25) is 0 Å². The smallest absolute Gasteiger partial charge is 0.342 e. The first-order valence-electron chi connectivity index (χ1n) is 10.7. The number of amides is 1. The van der Waals surface area contributed by atoms with E-state index in [4.69, 9.17) is 4.74 Å². The number of ether oxygens (including phenoxy) is 1. The zero-order chi connectivity index (χ0) is 20.0. The average molecular weight is 393 g/mol. The summed E-state index contributed by atoms with van der Waals surface area (Å²) >= 11 is 0. The van der Waals surface area contributed by atoms with Gasteiger partial charge < -0.3 is 15.2 Å². The van der Waals surface area contributed by atoms with Crippen molar-refractivity contribution >= 4 is 22.6 Å². The summed E-state index contributed by atoms with van der Waals surface area (Å²) in [4.78, 5) is 24.7. The van der Waals surface area contributed by atoms with E-state index in [-0.39, 0.29) is 29.2 Å². The third kappa shape index (κ3) is 3.59. The van der Waals surface area contributed by atoms with Gasteiger partial charge in [-0.05, 0) is 84.6 Å². The lowest BCUT2D eigenvalue weighted by Gasteiger charge is -2.56. The molecular formula is C24H27NO4. The molecule has 5 nitrogen and oxygen atoms in total. The molecule has 0 unspecified atom stereocenters. The first kappa shape index (κ1) is 18.5. The molecule has 1 amide bonds. The molecule has 4 saturated carbocycles. The van der Waals surface area contributed by atoms with Crippen molar-refractivity contribution in [2.24, 2.45) is 23.2 Å². The Morgan fingerprint density at radius 2 is 1.59 bits per heavy atom. The Morgan fingerprint density at radius 3 is 2.21 bits per heavy atom. The number of phenols is 1. The molecule has 4 fully saturated rings. The number of hydrogen-bond acceptors (Lipinski definition) is 4. The molecule has 0 heterocycles. The normalized spacial score (nSPS) is 29.7. The number of esters is 1. The summed E-state index contributed by atoms with van der Waals surface area (Å²) in [5.41, 5.74) is 0.336. The van der Waals surface area contributed by atoms with E-state index in [2.05, 4.69) is 5.32 Å². The average Bonchev–Trinajstić information content (AvgIpc) is 2.69. The SMILES string of the molecule is O=C(COC(=O)c1cc2ccccc2cc1O)NCC12CC3CC(CC(C3)C1)C2. The molecule has 0 aliphatic heterocycles. The van der Waals surface area contributed by atoms with E-state index < -0.39 is 5.97 Å². The summed E-state index contributed by atoms with van der Waals surface area (Å²) in [7, 11) is 0. The van der Waals surface area contributed by atoms with Gasteiger partial charge in [0.15, 0.2) is 6.61 Å². The first-order chi connectivity index (χ1) is 14.0. The molecule has 152 valence electrons. The topological polar surface area (TPSA) is 75.6 Å². The maximum absolute atomic E-state index is 12.4. The zero-order valence-corrected chi connectivity index (χ0v) is 16.5. The molecule has 2 aromatic rings. The Bertz CT molecular complexity index is 931. The molecular weight excluding hydrogens is 366 g/mol. The molecule has 0 spiro atoms. The molecule has 4 aliphatic rings. The molecule has 0 saturated heterocycles. The van der Waals surface area contributed by atoms with Gasteiger partial charge in [-0.15, -0.1) is 0 Å². The van der Waals surface area contributed by atoms with E-state index in [0.29, 0.717) is 6.54 Å². The summed E-state index contributed by atoms with van der Waals surface area (Å²) in [6.45, 7) is 0.367. The number of phenolic OH excluding ortho intramolecular Hbond substituents is 1. The van der Waals surface area contributed by atoms with Gasteiger partial charge in [0, 0.05) is 6.54 Å². The van der Waals surface area contributed by atoms with Gasteiger partial charge in [0.1, 0.15) is 11.3 Å². The van der Waals surface area contributed by atoms with Gasteiger partial charge in [0.25, 0.3) is 5.91 Å². The molecule has 0 radical (unpaired) electrons. The van der Waals surface area contributed by atoms with Crippen molar-refractivity contribution < 1.29 is 19.4 Å². The lowest BCUT2D eigenvalue weighted by Crippen LogP contribution is -2.51. The Hall–Kier alpha value is -2.56. The highest BCUT2D eigenvalue weighted by Gasteiger charge is 2.50. The Labute approximate surface area is 170 Å². The number of benzene rings is 2. The van der Waals surface area contributed by atoms with Gasteiger partial charge in [-0.3, -0.25) is 4.79 Å². The predicted octanol–water partition coefficient (Wildman–Crippen LogP) is 4.03. The van der Waals surface area contributed by atoms with Gasteiger partial charge >= 0.3 is 5.97 Å².